The van der Waals surface area contributed by atoms with Crippen LogP contribution in [0.3, 0.4) is 0 Å². The zero-order chi connectivity index (χ0) is 37.6. The Bertz CT molecular complexity index is 1670. The van der Waals surface area contributed by atoms with Crippen LogP contribution in [0.15, 0.2) is 76.7 Å². The molecule has 0 aromatic heterocycles. The Labute approximate surface area is 313 Å². The van der Waals surface area contributed by atoms with Crippen molar-refractivity contribution in [3.8, 4) is 11.5 Å². The van der Waals surface area contributed by atoms with E-state index >= 15 is 0 Å². The molecule has 0 N–H and O–H groups in total. The van der Waals surface area contributed by atoms with E-state index in [4.69, 9.17) is 5.63 Å². The fraction of sp³-hybridized carbons (Fsp3) is 0.565. The van der Waals surface area contributed by atoms with Gasteiger partial charge in [-0.15, -0.1) is 0 Å². The minimum atomic E-state index is -4.70. The zero-order valence-corrected chi connectivity index (χ0v) is 38.5. The Kier molecular flexibility index (Phi) is 10.1. The fourth-order valence-electron chi connectivity index (χ4n) is 8.91. The van der Waals surface area contributed by atoms with Crippen LogP contribution in [0.25, 0.3) is 0 Å². The molecule has 2 aromatic rings. The Morgan fingerprint density at radius 3 is 1.18 bits per heavy atom. The number of hydrogen-bond donors (Lipinski definition) is 0. The quantitative estimate of drug-likeness (QED) is 0.272. The van der Waals surface area contributed by atoms with E-state index in [-0.39, 0.29) is 21.7 Å². The molecule has 2 nitrogen and oxygen atoms in total. The summed E-state index contributed by atoms with van der Waals surface area (Å²) in [5.41, 5.74) is 8.02. The summed E-state index contributed by atoms with van der Waals surface area (Å²) in [6, 6.07) is 13.8. The van der Waals surface area contributed by atoms with Gasteiger partial charge in [0.1, 0.15) is 0 Å². The normalized spacial score (nSPS) is 22.0. The van der Waals surface area contributed by atoms with E-state index in [0.717, 1.165) is 24.3 Å². The van der Waals surface area contributed by atoms with Crippen LogP contribution in [0.1, 0.15) is 132 Å². The first-order valence-electron chi connectivity index (χ1n) is 19.3. The summed E-state index contributed by atoms with van der Waals surface area (Å²) in [4.78, 5) is 0. The molecule has 0 fully saturated rings. The average Bonchev–Trinajstić information content (AvgIpc) is 3.59. The first-order valence-corrected chi connectivity index (χ1v) is 26.8. The third-order valence-electron chi connectivity index (χ3n) is 11.4. The SMILES string of the molecule is CCC1C=C(C(C)(C)C)C2=[C]1[Zr]([O]c1ccc(C)cc1C(C)(C)C)([O]c1ccc(C)cc1C(C)(C)C)[C]1=C(C(C(C)(C)C)=CC1CC)[Si]2(C)C. The van der Waals surface area contributed by atoms with Gasteiger partial charge in [-0.2, -0.15) is 0 Å². The topological polar surface area (TPSA) is 18.5 Å². The molecule has 0 saturated heterocycles. The zero-order valence-electron chi connectivity index (χ0n) is 35.0. The molecular weight excluding hydrogens is 704 g/mol. The van der Waals surface area contributed by atoms with Crippen molar-refractivity contribution in [1.29, 1.82) is 0 Å². The average molecular weight is 772 g/mol. The predicted octanol–water partition coefficient (Wildman–Crippen LogP) is 13.7. The van der Waals surface area contributed by atoms with Gasteiger partial charge in [-0.3, -0.25) is 0 Å². The van der Waals surface area contributed by atoms with Gasteiger partial charge in [0.15, 0.2) is 0 Å². The molecule has 2 unspecified atom stereocenters. The van der Waals surface area contributed by atoms with Gasteiger partial charge in [-0.05, 0) is 0 Å². The molecule has 1 aliphatic heterocycles. The molecule has 2 atom stereocenters. The van der Waals surface area contributed by atoms with Crippen LogP contribution in [0.2, 0.25) is 13.1 Å². The molecular formula is C46H68O2SiZr. The van der Waals surface area contributed by atoms with Crippen LogP contribution in [0.5, 0.6) is 11.5 Å². The van der Waals surface area contributed by atoms with Gasteiger partial charge in [0, 0.05) is 0 Å². The second-order valence-electron chi connectivity index (χ2n) is 20.2. The van der Waals surface area contributed by atoms with E-state index in [0.29, 0.717) is 11.8 Å². The summed E-state index contributed by atoms with van der Waals surface area (Å²) in [5, 5.41) is 3.29. The van der Waals surface area contributed by atoms with Gasteiger partial charge < -0.3 is 0 Å². The van der Waals surface area contributed by atoms with E-state index in [2.05, 4.69) is 172 Å². The summed E-state index contributed by atoms with van der Waals surface area (Å²) >= 11 is -4.70. The van der Waals surface area contributed by atoms with Crippen molar-refractivity contribution in [2.24, 2.45) is 22.7 Å². The van der Waals surface area contributed by atoms with Gasteiger partial charge in [-0.25, -0.2) is 0 Å². The Hall–Kier alpha value is -1.90. The third kappa shape index (κ3) is 6.72. The molecule has 2 aromatic carbocycles. The van der Waals surface area contributed by atoms with Crippen LogP contribution in [-0.2, 0) is 32.0 Å². The maximum absolute atomic E-state index is 8.19. The molecule has 0 amide bonds. The van der Waals surface area contributed by atoms with Gasteiger partial charge in [0.05, 0.1) is 0 Å². The number of aryl methyl sites for hydroxylation is 2. The monoisotopic (exact) mass is 770 g/mol. The van der Waals surface area contributed by atoms with Crippen molar-refractivity contribution in [3.05, 3.63) is 98.9 Å². The molecule has 2 aliphatic carbocycles. The molecule has 50 heavy (non-hydrogen) atoms. The number of hydrogen-bond acceptors (Lipinski definition) is 2. The van der Waals surface area contributed by atoms with E-state index in [1.165, 1.54) is 22.3 Å². The van der Waals surface area contributed by atoms with Gasteiger partial charge in [-0.1, -0.05) is 0 Å². The van der Waals surface area contributed by atoms with Crippen molar-refractivity contribution >= 4 is 8.07 Å². The second-order valence-corrected chi connectivity index (χ2v) is 31.1. The molecule has 4 heteroatoms. The predicted molar refractivity (Wildman–Crippen MR) is 215 cm³/mol. The summed E-state index contributed by atoms with van der Waals surface area (Å²) < 4.78 is 19.5. The number of benzene rings is 2. The van der Waals surface area contributed by atoms with Crippen LogP contribution in [0.4, 0.5) is 0 Å². The van der Waals surface area contributed by atoms with Gasteiger partial charge in [0.2, 0.25) is 0 Å². The minimum absolute atomic E-state index is 0.0136. The van der Waals surface area contributed by atoms with E-state index in [1.54, 1.807) is 28.1 Å². The number of allylic oxidation sites excluding steroid dienone is 8. The molecule has 3 aliphatic rings. The van der Waals surface area contributed by atoms with Crippen LogP contribution >= 0.6 is 0 Å². The molecule has 272 valence electrons. The Morgan fingerprint density at radius 2 is 0.900 bits per heavy atom. The first kappa shape index (κ1) is 39.3. The molecule has 1 heterocycles. The van der Waals surface area contributed by atoms with E-state index < -0.39 is 29.2 Å². The van der Waals surface area contributed by atoms with Crippen molar-refractivity contribution in [2.45, 2.75) is 148 Å². The summed E-state index contributed by atoms with van der Waals surface area (Å²) in [7, 11) is -2.24. The van der Waals surface area contributed by atoms with Crippen molar-refractivity contribution in [3.63, 3.8) is 0 Å². The van der Waals surface area contributed by atoms with Crippen molar-refractivity contribution in [1.82, 2.24) is 0 Å². The van der Waals surface area contributed by atoms with E-state index in [9.17, 15) is 0 Å². The third-order valence-corrected chi connectivity index (χ3v) is 25.2. The standard InChI is InChI=1S/C24H38Si.2C11H16O.Zr/c1-11-17-13-19(23(3,4)5)21(15-17)25(9,10)22-16-18(12-2)14-20(22)24(6,7)8;2*1-8-5-6-10(12)9(7-8)11(2,3)4;/h13-14,17-18H,11-12H2,1-10H3;2*5-7,12H,1-4H3;/q;;;+2/p-2. The van der Waals surface area contributed by atoms with Crippen LogP contribution in [-0.4, -0.2) is 8.07 Å². The fourth-order valence-corrected chi connectivity index (χ4v) is 30.1. The van der Waals surface area contributed by atoms with Crippen molar-refractivity contribution in [2.75, 3.05) is 0 Å². The Morgan fingerprint density at radius 1 is 0.560 bits per heavy atom. The molecule has 0 spiro atoms. The molecule has 0 saturated carbocycles. The Balaban J connectivity index is 2.02. The summed E-state index contributed by atoms with van der Waals surface area (Å²) in [6.45, 7) is 43.0. The summed E-state index contributed by atoms with van der Waals surface area (Å²) in [6.07, 6.45) is 7.43. The molecule has 0 bridgehead atoms. The maximum atomic E-state index is 8.19. The summed E-state index contributed by atoms with van der Waals surface area (Å²) in [5.74, 6) is 2.64. The van der Waals surface area contributed by atoms with Gasteiger partial charge >= 0.3 is 315 Å². The van der Waals surface area contributed by atoms with E-state index in [1.807, 2.05) is 0 Å². The van der Waals surface area contributed by atoms with Crippen LogP contribution in [0, 0.1) is 36.5 Å². The second kappa shape index (κ2) is 12.9. The molecule has 0 radical (unpaired) electrons. The van der Waals surface area contributed by atoms with Gasteiger partial charge in [0.25, 0.3) is 0 Å². The van der Waals surface area contributed by atoms with Crippen LogP contribution < -0.4 is 5.63 Å². The first-order chi connectivity index (χ1) is 22.8. The van der Waals surface area contributed by atoms with Crippen molar-refractivity contribution < 1.29 is 26.8 Å². The molecule has 5 rings (SSSR count). The number of rotatable bonds is 6.